The molecular weight excluding hydrogens is 182 g/mol. The number of carboxylic acid groups (broad SMARTS) is 1. The van der Waals surface area contributed by atoms with E-state index >= 15 is 0 Å². The summed E-state index contributed by atoms with van der Waals surface area (Å²) < 4.78 is 3.51. The Balaban J connectivity index is 2.98. The van der Waals surface area contributed by atoms with Crippen molar-refractivity contribution < 1.29 is 14.6 Å². The summed E-state index contributed by atoms with van der Waals surface area (Å²) in [4.78, 5) is 10.9. The van der Waals surface area contributed by atoms with Crippen molar-refractivity contribution >= 4 is 5.97 Å². The maximum atomic E-state index is 10.9. The van der Waals surface area contributed by atoms with Crippen molar-refractivity contribution in [3.05, 3.63) is 17.5 Å². The molecule has 5 nitrogen and oxygen atoms in total. The molecule has 5 heteroatoms. The van der Waals surface area contributed by atoms with Crippen LogP contribution in [-0.2, 0) is 13.6 Å². The van der Waals surface area contributed by atoms with E-state index in [1.807, 2.05) is 10.9 Å². The van der Waals surface area contributed by atoms with Gasteiger partial charge in [0.1, 0.15) is 0 Å². The Morgan fingerprint density at radius 3 is 2.79 bits per heavy atom. The van der Waals surface area contributed by atoms with Crippen LogP contribution in [0.25, 0.3) is 0 Å². The Hall–Kier alpha value is -1.36. The molecule has 14 heavy (non-hydrogen) atoms. The summed E-state index contributed by atoms with van der Waals surface area (Å²) in [6, 6.07) is 0. The zero-order valence-electron chi connectivity index (χ0n) is 8.53. The molecular formula is C9H16N3O2+. The lowest BCUT2D eigenvalue weighted by atomic mass is 10.3. The molecule has 0 unspecified atom stereocenters. The van der Waals surface area contributed by atoms with Crippen LogP contribution in [0.2, 0.25) is 0 Å². The second-order valence-electron chi connectivity index (χ2n) is 3.29. The fourth-order valence-corrected chi connectivity index (χ4v) is 1.53. The average Bonchev–Trinajstić information content (AvgIpc) is 2.38. The first-order valence-electron chi connectivity index (χ1n) is 4.57. The summed E-state index contributed by atoms with van der Waals surface area (Å²) in [7, 11) is 1.74. The number of aromatic carboxylic acids is 1. The van der Waals surface area contributed by atoms with Gasteiger partial charge in [-0.15, -0.1) is 9.36 Å². The van der Waals surface area contributed by atoms with Gasteiger partial charge in [0.05, 0.1) is 12.6 Å². The Kier molecular flexibility index (Phi) is 3.24. The number of rotatable bonds is 4. The van der Waals surface area contributed by atoms with Gasteiger partial charge in [0, 0.05) is 6.42 Å². The summed E-state index contributed by atoms with van der Waals surface area (Å²) in [5.74, 6) is -0.892. The lowest BCUT2D eigenvalue weighted by Gasteiger charge is -1.97. The highest BCUT2D eigenvalue weighted by molar-refractivity contribution is 5.86. The third-order valence-electron chi connectivity index (χ3n) is 2.22. The molecule has 1 heterocycles. The monoisotopic (exact) mass is 198 g/mol. The highest BCUT2D eigenvalue weighted by Crippen LogP contribution is 2.03. The highest BCUT2D eigenvalue weighted by atomic mass is 16.4. The van der Waals surface area contributed by atoms with Crippen LogP contribution in [0.15, 0.2) is 6.20 Å². The molecule has 0 radical (unpaired) electrons. The van der Waals surface area contributed by atoms with Gasteiger partial charge >= 0.3 is 5.97 Å². The fourth-order valence-electron chi connectivity index (χ4n) is 1.53. The van der Waals surface area contributed by atoms with Crippen LogP contribution in [0.5, 0.6) is 0 Å². The van der Waals surface area contributed by atoms with Crippen molar-refractivity contribution in [2.75, 3.05) is 6.54 Å². The van der Waals surface area contributed by atoms with Gasteiger partial charge in [-0.2, -0.15) is 0 Å². The summed E-state index contributed by atoms with van der Waals surface area (Å²) in [6.45, 7) is 3.16. The SMILES string of the molecule is Cc1c[n+](CCCN)n(C)c1C(=O)O. The molecule has 1 aromatic rings. The lowest BCUT2D eigenvalue weighted by molar-refractivity contribution is -0.773. The number of aryl methyl sites for hydroxylation is 2. The predicted molar refractivity (Wildman–Crippen MR) is 51.0 cm³/mol. The maximum Gasteiger partial charge on any atom is 0.358 e. The minimum Gasteiger partial charge on any atom is -0.476 e. The Bertz CT molecular complexity index is 344. The number of hydrogen-bond acceptors (Lipinski definition) is 2. The highest BCUT2D eigenvalue weighted by Gasteiger charge is 2.21. The molecule has 1 rings (SSSR count). The molecule has 0 fully saturated rings. The topological polar surface area (TPSA) is 72.1 Å². The zero-order valence-corrected chi connectivity index (χ0v) is 8.53. The fraction of sp³-hybridized carbons (Fsp3) is 0.556. The molecule has 0 aromatic carbocycles. The van der Waals surface area contributed by atoms with Gasteiger partial charge in [0.15, 0.2) is 18.4 Å². The van der Waals surface area contributed by atoms with E-state index in [1.54, 1.807) is 18.7 Å². The van der Waals surface area contributed by atoms with Crippen molar-refractivity contribution in [1.82, 2.24) is 4.68 Å². The van der Waals surface area contributed by atoms with Gasteiger partial charge < -0.3 is 10.8 Å². The van der Waals surface area contributed by atoms with Crippen molar-refractivity contribution in [3.63, 3.8) is 0 Å². The van der Waals surface area contributed by atoms with E-state index in [2.05, 4.69) is 0 Å². The van der Waals surface area contributed by atoms with Crippen LogP contribution >= 0.6 is 0 Å². The second kappa shape index (κ2) is 4.23. The standard InChI is InChI=1S/C9H15N3O2/c1-7-6-12(5-3-4-10)11(2)8(7)9(13)14/h6H,3-5,10H2,1-2H3/p+1. The van der Waals surface area contributed by atoms with E-state index in [0.29, 0.717) is 12.2 Å². The first-order chi connectivity index (χ1) is 6.57. The normalized spacial score (nSPS) is 10.5. The molecule has 0 aliphatic rings. The van der Waals surface area contributed by atoms with Gasteiger partial charge in [-0.1, -0.05) is 0 Å². The second-order valence-corrected chi connectivity index (χ2v) is 3.29. The smallest absolute Gasteiger partial charge is 0.358 e. The average molecular weight is 198 g/mol. The Morgan fingerprint density at radius 1 is 1.71 bits per heavy atom. The molecule has 0 amide bonds. The zero-order chi connectivity index (χ0) is 10.7. The van der Waals surface area contributed by atoms with Crippen LogP contribution in [0, 0.1) is 6.92 Å². The molecule has 0 bridgehead atoms. The molecule has 1 aromatic heterocycles. The van der Waals surface area contributed by atoms with E-state index in [1.165, 1.54) is 0 Å². The van der Waals surface area contributed by atoms with Crippen LogP contribution in [0.4, 0.5) is 0 Å². The third-order valence-corrected chi connectivity index (χ3v) is 2.22. The minimum atomic E-state index is -0.892. The van der Waals surface area contributed by atoms with Crippen molar-refractivity contribution in [2.24, 2.45) is 12.8 Å². The van der Waals surface area contributed by atoms with E-state index in [-0.39, 0.29) is 0 Å². The molecule has 0 atom stereocenters. The molecule has 0 aliphatic heterocycles. The summed E-state index contributed by atoms with van der Waals surface area (Å²) in [5.41, 5.74) is 6.50. The molecule has 0 spiro atoms. The number of aromatic nitrogens is 2. The molecule has 0 saturated heterocycles. The predicted octanol–water partition coefficient (Wildman–Crippen LogP) is -0.332. The molecule has 0 saturated carbocycles. The van der Waals surface area contributed by atoms with E-state index in [4.69, 9.17) is 10.8 Å². The van der Waals surface area contributed by atoms with Gasteiger partial charge in [0.2, 0.25) is 0 Å². The summed E-state index contributed by atoms with van der Waals surface area (Å²) in [5, 5.41) is 8.93. The summed E-state index contributed by atoms with van der Waals surface area (Å²) in [6.07, 6.45) is 2.68. The van der Waals surface area contributed by atoms with Crippen molar-refractivity contribution in [1.29, 1.82) is 0 Å². The molecule has 78 valence electrons. The van der Waals surface area contributed by atoms with Crippen LogP contribution < -0.4 is 10.4 Å². The number of hydrogen-bond donors (Lipinski definition) is 2. The van der Waals surface area contributed by atoms with E-state index in [0.717, 1.165) is 18.5 Å². The van der Waals surface area contributed by atoms with Crippen LogP contribution in [-0.4, -0.2) is 22.3 Å². The summed E-state index contributed by atoms with van der Waals surface area (Å²) >= 11 is 0. The van der Waals surface area contributed by atoms with Gasteiger partial charge in [-0.3, -0.25) is 0 Å². The van der Waals surface area contributed by atoms with Crippen molar-refractivity contribution in [3.8, 4) is 0 Å². The number of carbonyl (C=O) groups is 1. The maximum absolute atomic E-state index is 10.9. The minimum absolute atomic E-state index is 0.335. The number of carboxylic acids is 1. The third kappa shape index (κ3) is 1.93. The molecule has 3 N–H and O–H groups in total. The Morgan fingerprint density at radius 2 is 2.36 bits per heavy atom. The van der Waals surface area contributed by atoms with Crippen molar-refractivity contribution in [2.45, 2.75) is 19.9 Å². The van der Waals surface area contributed by atoms with E-state index in [9.17, 15) is 4.79 Å². The van der Waals surface area contributed by atoms with Gasteiger partial charge in [-0.25, -0.2) is 4.79 Å². The molecule has 0 aliphatic carbocycles. The van der Waals surface area contributed by atoms with Crippen LogP contribution in [0.3, 0.4) is 0 Å². The number of nitrogens with two attached hydrogens (primary N) is 1. The van der Waals surface area contributed by atoms with Gasteiger partial charge in [-0.05, 0) is 13.5 Å². The first-order valence-corrected chi connectivity index (χ1v) is 4.57. The van der Waals surface area contributed by atoms with E-state index < -0.39 is 5.97 Å². The first kappa shape index (κ1) is 10.7. The quantitative estimate of drug-likeness (QED) is 0.651. The largest absolute Gasteiger partial charge is 0.476 e. The Labute approximate surface area is 82.7 Å². The number of nitrogens with zero attached hydrogens (tertiary/aromatic N) is 2. The van der Waals surface area contributed by atoms with Crippen LogP contribution in [0.1, 0.15) is 22.5 Å². The van der Waals surface area contributed by atoms with Gasteiger partial charge in [0.25, 0.3) is 0 Å². The lowest BCUT2D eigenvalue weighted by Crippen LogP contribution is -2.43.